The Morgan fingerprint density at radius 3 is 2.50 bits per heavy atom. The number of nitrogens with one attached hydrogen (secondary N) is 2. The van der Waals surface area contributed by atoms with E-state index in [1.807, 2.05) is 36.4 Å². The molecule has 148 valence electrons. The van der Waals surface area contributed by atoms with Crippen LogP contribution >= 0.6 is 11.6 Å². The largest absolute Gasteiger partial charge is 0.417 e. The molecule has 2 aromatic rings. The lowest BCUT2D eigenvalue weighted by Crippen LogP contribution is -2.37. The topological polar surface area (TPSA) is 41.1 Å². The zero-order valence-corrected chi connectivity index (χ0v) is 15.9. The van der Waals surface area contributed by atoms with Crippen LogP contribution in [0.1, 0.15) is 40.9 Å². The van der Waals surface area contributed by atoms with Gasteiger partial charge in [0.05, 0.1) is 22.2 Å². The summed E-state index contributed by atoms with van der Waals surface area (Å²) >= 11 is 5.91. The van der Waals surface area contributed by atoms with Gasteiger partial charge in [-0.1, -0.05) is 61.0 Å². The number of benzene rings is 2. The maximum atomic E-state index is 13.1. The molecular weight excluding hydrogens is 389 g/mol. The Balaban J connectivity index is 1.93. The van der Waals surface area contributed by atoms with Crippen LogP contribution in [0.5, 0.6) is 0 Å². The minimum atomic E-state index is -4.63. The van der Waals surface area contributed by atoms with Crippen molar-refractivity contribution in [2.45, 2.75) is 25.6 Å². The predicted molar refractivity (Wildman–Crippen MR) is 103 cm³/mol. The Morgan fingerprint density at radius 2 is 1.89 bits per heavy atom. The van der Waals surface area contributed by atoms with Crippen LogP contribution in [0.25, 0.3) is 0 Å². The number of hydrogen-bond donors (Lipinski definition) is 2. The summed E-state index contributed by atoms with van der Waals surface area (Å²) in [6.07, 6.45) is -1.76. The summed E-state index contributed by atoms with van der Waals surface area (Å²) in [6.45, 7) is 2.87. The van der Waals surface area contributed by atoms with Crippen molar-refractivity contribution in [1.82, 2.24) is 10.6 Å². The molecule has 0 aliphatic carbocycles. The molecule has 0 saturated heterocycles. The number of alkyl halides is 3. The number of allylic oxidation sites excluding steroid dienone is 1. The summed E-state index contributed by atoms with van der Waals surface area (Å²) in [6, 6.07) is 12.1. The van der Waals surface area contributed by atoms with Crippen molar-refractivity contribution in [3.63, 3.8) is 0 Å². The number of halogens is 4. The highest BCUT2D eigenvalue weighted by Gasteiger charge is 2.35. The number of carbonyl (C=O) groups excluding carboxylic acids is 1. The minimum Gasteiger partial charge on any atom is -0.386 e. The molecule has 1 aliphatic rings. The summed E-state index contributed by atoms with van der Waals surface area (Å²) in [5, 5.41) is 5.54. The van der Waals surface area contributed by atoms with Gasteiger partial charge in [-0.15, -0.1) is 0 Å². The van der Waals surface area contributed by atoms with Crippen molar-refractivity contribution in [2.75, 3.05) is 6.54 Å². The molecule has 7 heteroatoms. The van der Waals surface area contributed by atoms with Crippen molar-refractivity contribution in [3.8, 4) is 0 Å². The molecule has 28 heavy (non-hydrogen) atoms. The maximum Gasteiger partial charge on any atom is 0.417 e. The molecule has 2 aromatic carbocycles. The van der Waals surface area contributed by atoms with Gasteiger partial charge in [0, 0.05) is 12.2 Å². The highest BCUT2D eigenvalue weighted by atomic mass is 35.5. The van der Waals surface area contributed by atoms with Crippen LogP contribution in [0.3, 0.4) is 0 Å². The molecule has 0 spiro atoms. The van der Waals surface area contributed by atoms with Gasteiger partial charge < -0.3 is 10.6 Å². The van der Waals surface area contributed by atoms with E-state index in [4.69, 9.17) is 11.6 Å². The average Bonchev–Trinajstić information content (AvgIpc) is 2.66. The molecule has 2 N–H and O–H groups in total. The maximum absolute atomic E-state index is 13.1. The third kappa shape index (κ3) is 4.50. The lowest BCUT2D eigenvalue weighted by Gasteiger charge is -2.28. The SMILES string of the molecule is CC1CC=C(C(NC(=O)c2cccc(C(F)(F)F)c2Cl)c2ccccc2)NC1. The molecule has 0 fully saturated rings. The number of hydrogen-bond acceptors (Lipinski definition) is 2. The van der Waals surface area contributed by atoms with Gasteiger partial charge in [-0.05, 0) is 30.0 Å². The van der Waals surface area contributed by atoms with Gasteiger partial charge >= 0.3 is 6.18 Å². The van der Waals surface area contributed by atoms with Crippen molar-refractivity contribution in [1.29, 1.82) is 0 Å². The van der Waals surface area contributed by atoms with E-state index >= 15 is 0 Å². The van der Waals surface area contributed by atoms with Crippen molar-refractivity contribution in [3.05, 3.63) is 82.0 Å². The standard InChI is InChI=1S/C21H20ClF3N2O/c1-13-10-11-17(26-12-13)19(14-6-3-2-4-7-14)27-20(28)15-8-5-9-16(18(15)22)21(23,24)25/h2-9,11,13,19,26H,10,12H2,1H3,(H,27,28). The predicted octanol–water partition coefficient (Wildman–Crippen LogP) is 5.34. The van der Waals surface area contributed by atoms with Crippen molar-refractivity contribution >= 4 is 17.5 Å². The molecule has 1 aliphatic heterocycles. The van der Waals surface area contributed by atoms with Gasteiger partial charge in [-0.3, -0.25) is 4.79 Å². The number of rotatable bonds is 4. The summed E-state index contributed by atoms with van der Waals surface area (Å²) in [5.74, 6) is -0.194. The second-order valence-corrected chi connectivity index (χ2v) is 7.24. The van der Waals surface area contributed by atoms with Gasteiger partial charge in [0.2, 0.25) is 0 Å². The quantitative estimate of drug-likeness (QED) is 0.716. The van der Waals surface area contributed by atoms with Crippen molar-refractivity contribution < 1.29 is 18.0 Å². The van der Waals surface area contributed by atoms with E-state index in [1.165, 1.54) is 12.1 Å². The Bertz CT molecular complexity index is 881. The van der Waals surface area contributed by atoms with Gasteiger partial charge in [0.25, 0.3) is 5.91 Å². The average molecular weight is 409 g/mol. The monoisotopic (exact) mass is 408 g/mol. The van der Waals surface area contributed by atoms with Crippen LogP contribution in [0.4, 0.5) is 13.2 Å². The lowest BCUT2D eigenvalue weighted by molar-refractivity contribution is -0.137. The van der Waals surface area contributed by atoms with Gasteiger partial charge in [-0.25, -0.2) is 0 Å². The van der Waals surface area contributed by atoms with E-state index in [1.54, 1.807) is 0 Å². The first-order chi connectivity index (χ1) is 13.3. The molecule has 2 atom stereocenters. The van der Waals surface area contributed by atoms with Crippen molar-refractivity contribution in [2.24, 2.45) is 5.92 Å². The Hall–Kier alpha value is -2.47. The van der Waals surface area contributed by atoms with E-state index < -0.39 is 28.7 Å². The molecule has 0 radical (unpaired) electrons. The van der Waals surface area contributed by atoms with Crippen LogP contribution in [-0.4, -0.2) is 12.5 Å². The van der Waals surface area contributed by atoms with E-state index in [0.29, 0.717) is 5.92 Å². The van der Waals surface area contributed by atoms with E-state index in [0.717, 1.165) is 30.3 Å². The smallest absolute Gasteiger partial charge is 0.386 e. The van der Waals surface area contributed by atoms with Gasteiger partial charge in [0.15, 0.2) is 0 Å². The summed E-state index contributed by atoms with van der Waals surface area (Å²) in [7, 11) is 0. The fraction of sp³-hybridized carbons (Fsp3) is 0.286. The van der Waals surface area contributed by atoms with Gasteiger partial charge in [0.1, 0.15) is 0 Å². The summed E-state index contributed by atoms with van der Waals surface area (Å²) < 4.78 is 39.3. The van der Waals surface area contributed by atoms with Crippen LogP contribution in [0.15, 0.2) is 60.3 Å². The second-order valence-electron chi connectivity index (χ2n) is 6.86. The second kappa shape index (κ2) is 8.27. The van der Waals surface area contributed by atoms with Crippen LogP contribution < -0.4 is 10.6 Å². The first-order valence-electron chi connectivity index (χ1n) is 8.93. The third-order valence-corrected chi connectivity index (χ3v) is 5.07. The fourth-order valence-electron chi connectivity index (χ4n) is 3.12. The minimum absolute atomic E-state index is 0.206. The molecule has 0 saturated carbocycles. The molecule has 1 amide bonds. The van der Waals surface area contributed by atoms with E-state index in [9.17, 15) is 18.0 Å². The number of amides is 1. The molecule has 0 aromatic heterocycles. The first kappa shape index (κ1) is 20.3. The van der Waals surface area contributed by atoms with Gasteiger partial charge in [-0.2, -0.15) is 13.2 Å². The Kier molecular flexibility index (Phi) is 5.98. The summed E-state index contributed by atoms with van der Waals surface area (Å²) in [4.78, 5) is 12.8. The highest BCUT2D eigenvalue weighted by molar-refractivity contribution is 6.34. The molecule has 1 heterocycles. The molecule has 3 rings (SSSR count). The van der Waals surface area contributed by atoms with E-state index in [-0.39, 0.29) is 5.56 Å². The van der Waals surface area contributed by atoms with Crippen LogP contribution in [0.2, 0.25) is 5.02 Å². The third-order valence-electron chi connectivity index (χ3n) is 4.66. The lowest BCUT2D eigenvalue weighted by atomic mass is 9.96. The Labute approximate surface area is 166 Å². The first-order valence-corrected chi connectivity index (χ1v) is 9.30. The number of carbonyl (C=O) groups is 1. The highest BCUT2D eigenvalue weighted by Crippen LogP contribution is 2.36. The molecular formula is C21H20ClF3N2O. The molecule has 0 bridgehead atoms. The van der Waals surface area contributed by atoms with Crippen LogP contribution in [-0.2, 0) is 6.18 Å². The zero-order valence-electron chi connectivity index (χ0n) is 15.2. The Morgan fingerprint density at radius 1 is 1.18 bits per heavy atom. The van der Waals surface area contributed by atoms with E-state index in [2.05, 4.69) is 17.6 Å². The molecule has 2 unspecified atom stereocenters. The molecule has 3 nitrogen and oxygen atoms in total. The summed E-state index contributed by atoms with van der Waals surface area (Å²) in [5.41, 5.74) is 0.414. The zero-order chi connectivity index (χ0) is 20.3. The fourth-order valence-corrected chi connectivity index (χ4v) is 3.44. The van der Waals surface area contributed by atoms with Crippen LogP contribution in [0, 0.1) is 5.92 Å². The normalized spacial score (nSPS) is 18.0.